The quantitative estimate of drug-likeness (QED) is 0.110. The maximum Gasteiger partial charge on any atom is 0.417 e. The number of alkyl halides is 3. The highest BCUT2D eigenvalue weighted by atomic mass is 35.5. The molecule has 5 nitrogen and oxygen atoms in total. The summed E-state index contributed by atoms with van der Waals surface area (Å²) in [6, 6.07) is 32.3. The highest BCUT2D eigenvalue weighted by Crippen LogP contribution is 2.37. The fourth-order valence-electron chi connectivity index (χ4n) is 4.74. The van der Waals surface area contributed by atoms with Crippen molar-refractivity contribution < 1.29 is 28.9 Å². The van der Waals surface area contributed by atoms with E-state index in [-0.39, 0.29) is 28.4 Å². The fourth-order valence-corrected chi connectivity index (χ4v) is 5.53. The molecular formula is C34H40ClF3N2O3S. The monoisotopic (exact) mass is 648 g/mol. The summed E-state index contributed by atoms with van der Waals surface area (Å²) in [6.45, 7) is 6.21. The Labute approximate surface area is 267 Å². The predicted molar refractivity (Wildman–Crippen MR) is 177 cm³/mol. The van der Waals surface area contributed by atoms with Crippen LogP contribution < -0.4 is 9.46 Å². The normalized spacial score (nSPS) is 11.3. The van der Waals surface area contributed by atoms with Gasteiger partial charge < -0.3 is 20.4 Å². The van der Waals surface area contributed by atoms with Crippen LogP contribution in [0.2, 0.25) is 5.02 Å². The number of hydrogen-bond acceptors (Lipinski definition) is 4. The lowest BCUT2D eigenvalue weighted by Gasteiger charge is -2.29. The first-order chi connectivity index (χ1) is 20.2. The zero-order chi connectivity index (χ0) is 30.0. The topological polar surface area (TPSA) is 87.5 Å². The predicted octanol–water partition coefficient (Wildman–Crippen LogP) is 8.28. The Morgan fingerprint density at radius 2 is 1.45 bits per heavy atom. The maximum atomic E-state index is 13.6. The molecule has 0 amide bonds. The molecule has 0 aliphatic carbocycles. The molecule has 0 saturated heterocycles. The average molecular weight is 649 g/mol. The molecule has 44 heavy (non-hydrogen) atoms. The fraction of sp³-hybridized carbons (Fsp3) is 0.294. The first-order valence-corrected chi connectivity index (χ1v) is 15.3. The Hall–Kier alpha value is -3.21. The third-order valence-electron chi connectivity index (χ3n) is 6.76. The summed E-state index contributed by atoms with van der Waals surface area (Å²) >= 11 is 7.97. The molecule has 10 heteroatoms. The first kappa shape index (κ1) is 37.0. The van der Waals surface area contributed by atoms with E-state index < -0.39 is 11.7 Å². The van der Waals surface area contributed by atoms with Crippen molar-refractivity contribution >= 4 is 29.2 Å². The third-order valence-corrected chi connectivity index (χ3v) is 8.03. The summed E-state index contributed by atoms with van der Waals surface area (Å²) in [5.41, 5.74) is 2.90. The second-order valence-corrected chi connectivity index (χ2v) is 12.1. The highest BCUT2D eigenvalue weighted by molar-refractivity contribution is 8.01. The van der Waals surface area contributed by atoms with Gasteiger partial charge in [-0.15, -0.1) is 0 Å². The number of halogens is 4. The second kappa shape index (κ2) is 17.9. The summed E-state index contributed by atoms with van der Waals surface area (Å²) in [4.78, 5) is 2.17. The molecule has 4 rings (SSSR count). The molecule has 0 fully saturated rings. The number of nitrogens with one attached hydrogen (secondary N) is 1. The van der Waals surface area contributed by atoms with Gasteiger partial charge in [0, 0.05) is 42.6 Å². The molecule has 0 heterocycles. The van der Waals surface area contributed by atoms with E-state index >= 15 is 0 Å². The summed E-state index contributed by atoms with van der Waals surface area (Å²) in [7, 11) is 0. The maximum absolute atomic E-state index is 13.6. The van der Waals surface area contributed by atoms with Crippen molar-refractivity contribution in [2.24, 2.45) is 0 Å². The lowest BCUT2D eigenvalue weighted by molar-refractivity contribution is -0.137. The lowest BCUT2D eigenvalue weighted by Crippen LogP contribution is -2.31. The molecule has 0 aliphatic heterocycles. The van der Waals surface area contributed by atoms with Gasteiger partial charge in [0.2, 0.25) is 0 Å². The van der Waals surface area contributed by atoms with Gasteiger partial charge in [-0.2, -0.15) is 13.2 Å². The Morgan fingerprint density at radius 3 is 2.05 bits per heavy atom. The Bertz CT molecular complexity index is 1360. The molecule has 0 bridgehead atoms. The van der Waals surface area contributed by atoms with E-state index in [4.69, 9.17) is 16.3 Å². The minimum atomic E-state index is -4.51. The van der Waals surface area contributed by atoms with Crippen molar-refractivity contribution in [2.75, 3.05) is 24.4 Å². The van der Waals surface area contributed by atoms with Crippen molar-refractivity contribution in [3.63, 3.8) is 0 Å². The molecule has 0 unspecified atom stereocenters. The van der Waals surface area contributed by atoms with E-state index in [0.717, 1.165) is 28.6 Å². The van der Waals surface area contributed by atoms with E-state index in [0.29, 0.717) is 36.9 Å². The Morgan fingerprint density at radius 1 is 0.841 bits per heavy atom. The van der Waals surface area contributed by atoms with E-state index in [2.05, 4.69) is 47.7 Å². The highest BCUT2D eigenvalue weighted by Gasteiger charge is 2.34. The van der Waals surface area contributed by atoms with Gasteiger partial charge in [-0.1, -0.05) is 104 Å². The van der Waals surface area contributed by atoms with Gasteiger partial charge in [0.1, 0.15) is 5.75 Å². The van der Waals surface area contributed by atoms with Gasteiger partial charge in [-0.05, 0) is 53.3 Å². The number of rotatable bonds is 14. The van der Waals surface area contributed by atoms with Crippen LogP contribution in [0.5, 0.6) is 5.75 Å². The van der Waals surface area contributed by atoms with Crippen LogP contribution in [-0.2, 0) is 12.7 Å². The van der Waals surface area contributed by atoms with E-state index in [1.54, 1.807) is 18.0 Å². The lowest BCUT2D eigenvalue weighted by atomic mass is 9.90. The van der Waals surface area contributed by atoms with Crippen LogP contribution in [0, 0.1) is 0 Å². The third kappa shape index (κ3) is 11.1. The molecule has 0 spiro atoms. The van der Waals surface area contributed by atoms with Gasteiger partial charge in [0.05, 0.1) is 17.2 Å². The first-order valence-electron chi connectivity index (χ1n) is 14.0. The second-order valence-electron chi connectivity index (χ2n) is 10.4. The molecule has 0 radical (unpaired) electrons. The number of nitrogens with zero attached hydrogens (tertiary/aromatic N) is 1. The van der Waals surface area contributed by atoms with Gasteiger partial charge >= 0.3 is 6.18 Å². The molecule has 0 aromatic heterocycles. The summed E-state index contributed by atoms with van der Waals surface area (Å²) in [5.74, 6) is 0.794. The molecule has 0 atom stereocenters. The van der Waals surface area contributed by atoms with Gasteiger partial charge in [-0.3, -0.25) is 4.90 Å². The molecule has 0 aliphatic rings. The number of ether oxygens (including phenoxy) is 1. The van der Waals surface area contributed by atoms with Crippen molar-refractivity contribution in [2.45, 2.75) is 44.2 Å². The zero-order valence-electron chi connectivity index (χ0n) is 24.8. The molecule has 4 aromatic rings. The van der Waals surface area contributed by atoms with E-state index in [9.17, 15) is 13.2 Å². The number of anilines is 1. The molecule has 5 N–H and O–H groups in total. The van der Waals surface area contributed by atoms with Crippen LogP contribution in [0.25, 0.3) is 0 Å². The summed E-state index contributed by atoms with van der Waals surface area (Å²) < 4.78 is 50.3. The van der Waals surface area contributed by atoms with E-state index in [1.807, 2.05) is 60.7 Å². The van der Waals surface area contributed by atoms with Crippen molar-refractivity contribution in [1.29, 1.82) is 0 Å². The van der Waals surface area contributed by atoms with Gasteiger partial charge in [-0.25, -0.2) is 0 Å². The van der Waals surface area contributed by atoms with Crippen molar-refractivity contribution in [3.8, 4) is 5.75 Å². The van der Waals surface area contributed by atoms with Crippen LogP contribution in [0.4, 0.5) is 18.9 Å². The van der Waals surface area contributed by atoms with Crippen molar-refractivity contribution in [1.82, 2.24) is 4.90 Å². The van der Waals surface area contributed by atoms with Crippen LogP contribution in [0.3, 0.4) is 0 Å². The summed E-state index contributed by atoms with van der Waals surface area (Å²) in [5, 5.41) is 0.201. The molecule has 4 aromatic carbocycles. The SMILES string of the molecule is CC(C)SNc1cccc(OCCCN(Cc2cccc(C(F)(F)F)c2Cl)CC(c2ccccc2)c2ccccc2)c1.O.O. The largest absolute Gasteiger partial charge is 0.493 e. The van der Waals surface area contributed by atoms with Gasteiger partial charge in [0.15, 0.2) is 0 Å². The minimum Gasteiger partial charge on any atom is -0.493 e. The number of benzene rings is 4. The van der Waals surface area contributed by atoms with Gasteiger partial charge in [0.25, 0.3) is 0 Å². The van der Waals surface area contributed by atoms with Crippen LogP contribution >= 0.6 is 23.5 Å². The Kier molecular flexibility index (Phi) is 15.1. The molecule has 238 valence electrons. The van der Waals surface area contributed by atoms with Crippen LogP contribution in [0.15, 0.2) is 103 Å². The van der Waals surface area contributed by atoms with Crippen LogP contribution in [-0.4, -0.2) is 40.8 Å². The Balaban J connectivity index is 0.00000337. The molecular weight excluding hydrogens is 609 g/mol. The zero-order valence-corrected chi connectivity index (χ0v) is 26.4. The average Bonchev–Trinajstić information content (AvgIpc) is 2.98. The van der Waals surface area contributed by atoms with E-state index in [1.165, 1.54) is 6.07 Å². The standard InChI is InChI=1S/C34H36ClF3N2OS.2H2O/c1-25(2)42-39-29-17-10-18-30(22-29)41-21-11-20-40(23-28-16-9-19-32(33(28)35)34(36,37)38)24-31(26-12-5-3-6-13-26)27-14-7-4-8-15-27;;/h3-10,12-19,22,25,31,39H,11,20-21,23-24H2,1-2H3;2*1H2. The molecule has 0 saturated carbocycles. The smallest absolute Gasteiger partial charge is 0.417 e. The summed E-state index contributed by atoms with van der Waals surface area (Å²) in [6.07, 6.45) is -3.83. The number of hydrogen-bond donors (Lipinski definition) is 1. The van der Waals surface area contributed by atoms with Crippen LogP contribution in [0.1, 0.15) is 48.4 Å². The van der Waals surface area contributed by atoms with Crippen molar-refractivity contribution in [3.05, 3.63) is 130 Å². The minimum absolute atomic E-state index is 0.